The van der Waals surface area contributed by atoms with Crippen molar-refractivity contribution in [3.05, 3.63) is 152 Å². The van der Waals surface area contributed by atoms with Crippen molar-refractivity contribution < 1.29 is 0 Å². The third-order valence-electron chi connectivity index (χ3n) is 11.6. The maximum atomic E-state index is 5.26. The lowest BCUT2D eigenvalue weighted by Crippen LogP contribution is -2.65. The van der Waals surface area contributed by atoms with Gasteiger partial charge in [-0.25, -0.2) is 9.97 Å². The first-order valence-electron chi connectivity index (χ1n) is 18.2. The number of fused-ring (bicyclic) bond motifs is 1. The Morgan fingerprint density at radius 3 is 1.53 bits per heavy atom. The molecule has 0 N–H and O–H groups in total. The van der Waals surface area contributed by atoms with Gasteiger partial charge in [0.15, 0.2) is 5.82 Å². The molecule has 0 spiro atoms. The summed E-state index contributed by atoms with van der Waals surface area (Å²) in [7, 11) is 6.63. The molecule has 5 nitrogen and oxygen atoms in total. The van der Waals surface area contributed by atoms with Crippen LogP contribution in [0.25, 0.3) is 55.8 Å². The predicted octanol–water partition coefficient (Wildman–Crippen LogP) is 9.06. The second-order valence-electron chi connectivity index (χ2n) is 14.4. The van der Waals surface area contributed by atoms with Gasteiger partial charge in [-0.2, -0.15) is 0 Å². The molecular formula is C47H34BN5. The maximum absolute atomic E-state index is 5.26. The summed E-state index contributed by atoms with van der Waals surface area (Å²) in [6, 6.07) is 54.5. The quantitative estimate of drug-likeness (QED) is 0.174. The molecule has 1 aromatic heterocycles. The van der Waals surface area contributed by atoms with E-state index in [2.05, 4.69) is 188 Å². The highest BCUT2D eigenvalue weighted by Gasteiger charge is 2.46. The molecule has 6 heteroatoms. The third kappa shape index (κ3) is 4.33. The van der Waals surface area contributed by atoms with Crippen LogP contribution in [0.15, 0.2) is 152 Å². The second kappa shape index (κ2) is 11.2. The number of nitrogens with zero attached hydrogens (tertiary/aromatic N) is 5. The first kappa shape index (κ1) is 30.0. The summed E-state index contributed by atoms with van der Waals surface area (Å²) in [5.74, 6) is 0.718. The molecule has 7 aromatic carbocycles. The summed E-state index contributed by atoms with van der Waals surface area (Å²) in [5.41, 5.74) is 20.4. The lowest BCUT2D eigenvalue weighted by Gasteiger charge is -2.47. The predicted molar refractivity (Wildman–Crippen MR) is 223 cm³/mol. The average molecular weight is 680 g/mol. The Labute approximate surface area is 309 Å². The molecule has 3 aliphatic heterocycles. The van der Waals surface area contributed by atoms with Crippen molar-refractivity contribution in [1.29, 1.82) is 0 Å². The fraction of sp³-hybridized carbons (Fsp3) is 0.0638. The van der Waals surface area contributed by atoms with E-state index < -0.39 is 0 Å². The topological polar surface area (TPSA) is 35.5 Å². The van der Waals surface area contributed by atoms with E-state index >= 15 is 0 Å². The lowest BCUT2D eigenvalue weighted by molar-refractivity contribution is 1.15. The molecule has 0 amide bonds. The molecule has 0 saturated carbocycles. The molecule has 4 heterocycles. The van der Waals surface area contributed by atoms with Gasteiger partial charge in [0.2, 0.25) is 0 Å². The van der Waals surface area contributed by atoms with Crippen molar-refractivity contribution in [3.63, 3.8) is 0 Å². The van der Waals surface area contributed by atoms with E-state index in [0.29, 0.717) is 0 Å². The number of anilines is 6. The van der Waals surface area contributed by atoms with Crippen molar-refractivity contribution in [2.45, 2.75) is 0 Å². The zero-order chi connectivity index (χ0) is 35.4. The van der Waals surface area contributed by atoms with Gasteiger partial charge in [0.25, 0.3) is 6.71 Å². The first-order chi connectivity index (χ1) is 26.0. The van der Waals surface area contributed by atoms with Crippen LogP contribution >= 0.6 is 0 Å². The highest BCUT2D eigenvalue weighted by Crippen LogP contribution is 2.44. The van der Waals surface area contributed by atoms with Gasteiger partial charge in [-0.05, 0) is 87.2 Å². The standard InChI is InChI=1S/C47H34BN5/c1-51-37-18-10-20-39-43(37)48-44-38(51)19-11-21-40(44)53(3)42-28-34(27-41(45(42)48)52(39)2)32-14-9-15-33(26-32)47-49-36-17-8-7-16-35(36)46(50-47)31-24-22-30(23-25-31)29-12-5-4-6-13-29/h4-28H,1-3H3. The van der Waals surface area contributed by atoms with Crippen molar-refractivity contribution >= 4 is 68.1 Å². The van der Waals surface area contributed by atoms with Gasteiger partial charge in [-0.3, -0.25) is 0 Å². The summed E-state index contributed by atoms with van der Waals surface area (Å²) in [6.07, 6.45) is 0. The number of para-hydroxylation sites is 1. The molecule has 0 fully saturated rings. The van der Waals surface area contributed by atoms with Crippen LogP contribution in [0.5, 0.6) is 0 Å². The molecular weight excluding hydrogens is 645 g/mol. The van der Waals surface area contributed by atoms with Gasteiger partial charge in [0.05, 0.1) is 11.2 Å². The fourth-order valence-electron chi connectivity index (χ4n) is 9.02. The van der Waals surface area contributed by atoms with Crippen LogP contribution in [0.2, 0.25) is 0 Å². The van der Waals surface area contributed by atoms with Crippen LogP contribution in [-0.2, 0) is 0 Å². The van der Waals surface area contributed by atoms with Gasteiger partial charge >= 0.3 is 0 Å². The first-order valence-corrected chi connectivity index (χ1v) is 18.2. The van der Waals surface area contributed by atoms with Crippen molar-refractivity contribution in [2.75, 3.05) is 35.8 Å². The molecule has 0 atom stereocenters. The number of hydrogen-bond acceptors (Lipinski definition) is 5. The molecule has 0 aliphatic carbocycles. The molecule has 0 unspecified atom stereocenters. The molecule has 3 aliphatic rings. The molecule has 0 bridgehead atoms. The van der Waals surface area contributed by atoms with Crippen LogP contribution in [0, 0.1) is 0 Å². The van der Waals surface area contributed by atoms with E-state index in [1.165, 1.54) is 67.2 Å². The molecule has 11 rings (SSSR count). The van der Waals surface area contributed by atoms with E-state index in [1.54, 1.807) is 0 Å². The summed E-state index contributed by atoms with van der Waals surface area (Å²) in [5, 5.41) is 1.04. The minimum absolute atomic E-state index is 0.188. The Morgan fingerprint density at radius 1 is 0.377 bits per heavy atom. The summed E-state index contributed by atoms with van der Waals surface area (Å²) in [4.78, 5) is 17.5. The number of aromatic nitrogens is 2. The summed E-state index contributed by atoms with van der Waals surface area (Å²) < 4.78 is 0. The van der Waals surface area contributed by atoms with Crippen LogP contribution < -0.4 is 31.1 Å². The molecule has 0 radical (unpaired) electrons. The number of rotatable bonds is 4. The smallest absolute Gasteiger partial charge is 0.257 e. The van der Waals surface area contributed by atoms with Crippen LogP contribution in [0.3, 0.4) is 0 Å². The van der Waals surface area contributed by atoms with E-state index in [9.17, 15) is 0 Å². The van der Waals surface area contributed by atoms with Crippen LogP contribution in [-0.4, -0.2) is 37.8 Å². The largest absolute Gasteiger partial charge is 0.345 e. The van der Waals surface area contributed by atoms with Gasteiger partial charge in [0.1, 0.15) is 0 Å². The monoisotopic (exact) mass is 679 g/mol. The number of benzene rings is 7. The molecule has 8 aromatic rings. The second-order valence-corrected chi connectivity index (χ2v) is 14.4. The zero-order valence-corrected chi connectivity index (χ0v) is 29.7. The molecule has 53 heavy (non-hydrogen) atoms. The third-order valence-corrected chi connectivity index (χ3v) is 11.6. The van der Waals surface area contributed by atoms with Crippen molar-refractivity contribution in [2.24, 2.45) is 0 Å². The zero-order valence-electron chi connectivity index (χ0n) is 29.7. The summed E-state index contributed by atoms with van der Waals surface area (Å²) in [6.45, 7) is 0.188. The maximum Gasteiger partial charge on any atom is 0.257 e. The van der Waals surface area contributed by atoms with E-state index in [1.807, 2.05) is 0 Å². The highest BCUT2D eigenvalue weighted by molar-refractivity contribution is 7.02. The minimum Gasteiger partial charge on any atom is -0.345 e. The Bertz CT molecular complexity index is 2710. The van der Waals surface area contributed by atoms with E-state index in [-0.39, 0.29) is 6.71 Å². The highest BCUT2D eigenvalue weighted by atomic mass is 15.2. The minimum atomic E-state index is 0.188. The Balaban J connectivity index is 1.05. The Morgan fingerprint density at radius 2 is 0.868 bits per heavy atom. The van der Waals surface area contributed by atoms with E-state index in [0.717, 1.165) is 39.1 Å². The van der Waals surface area contributed by atoms with Crippen LogP contribution in [0.1, 0.15) is 0 Å². The number of hydrogen-bond donors (Lipinski definition) is 0. The van der Waals surface area contributed by atoms with E-state index in [4.69, 9.17) is 9.97 Å². The van der Waals surface area contributed by atoms with Gasteiger partial charge in [-0.1, -0.05) is 103 Å². The van der Waals surface area contributed by atoms with Crippen molar-refractivity contribution in [3.8, 4) is 44.9 Å². The Kier molecular flexibility index (Phi) is 6.33. The summed E-state index contributed by atoms with van der Waals surface area (Å²) >= 11 is 0. The lowest BCUT2D eigenvalue weighted by atomic mass is 9.32. The van der Waals surface area contributed by atoms with Gasteiger partial charge in [-0.15, -0.1) is 0 Å². The Hall–Kier alpha value is -6.66. The average Bonchev–Trinajstić information content (AvgIpc) is 3.22. The normalized spacial score (nSPS) is 13.4. The molecule has 0 saturated heterocycles. The molecule has 250 valence electrons. The van der Waals surface area contributed by atoms with Crippen LogP contribution in [0.4, 0.5) is 34.1 Å². The van der Waals surface area contributed by atoms with Crippen molar-refractivity contribution in [1.82, 2.24) is 9.97 Å². The fourth-order valence-corrected chi connectivity index (χ4v) is 9.02. The SMILES string of the molecule is CN1c2cccc3c2B2c4c1cccc4N(C)c1cc(-c4cccc(-c5nc(-c6ccc(-c7ccccc7)cc6)c6ccccc6n5)c4)cc(c12)N3C. The van der Waals surface area contributed by atoms with Gasteiger partial charge < -0.3 is 14.7 Å². The van der Waals surface area contributed by atoms with Gasteiger partial charge in [0, 0.05) is 71.8 Å².